The maximum absolute atomic E-state index is 13.1. The number of nitrogens with one attached hydrogen (secondary N) is 1. The van der Waals surface area contributed by atoms with Crippen molar-refractivity contribution in [2.75, 3.05) is 16.0 Å². The fraction of sp³-hybridized carbons (Fsp3) is 0.208. The van der Waals surface area contributed by atoms with E-state index in [9.17, 15) is 14.9 Å². The van der Waals surface area contributed by atoms with Crippen LogP contribution in [-0.2, 0) is 9.59 Å². The lowest BCUT2D eigenvalue weighted by Gasteiger charge is -2.37. The monoisotopic (exact) mass is 572 g/mol. The summed E-state index contributed by atoms with van der Waals surface area (Å²) in [5.41, 5.74) is 8.24. The van der Waals surface area contributed by atoms with Gasteiger partial charge in [0.05, 0.1) is 45.3 Å². The zero-order valence-corrected chi connectivity index (χ0v) is 22.2. The van der Waals surface area contributed by atoms with Crippen molar-refractivity contribution >= 4 is 68.8 Å². The number of aromatic nitrogens is 2. The Balaban J connectivity index is 1.40. The van der Waals surface area contributed by atoms with Gasteiger partial charge in [0.15, 0.2) is 10.1 Å². The maximum Gasteiger partial charge on any atom is 0.234 e. The maximum atomic E-state index is 13.1. The van der Waals surface area contributed by atoms with Crippen LogP contribution in [0, 0.1) is 11.3 Å². The summed E-state index contributed by atoms with van der Waals surface area (Å²) >= 11 is 14.6. The van der Waals surface area contributed by atoms with E-state index in [1.807, 2.05) is 0 Å². The van der Waals surface area contributed by atoms with Gasteiger partial charge in [0.1, 0.15) is 11.6 Å². The second-order valence-corrected chi connectivity index (χ2v) is 11.1. The zero-order chi connectivity index (χ0) is 26.1. The van der Waals surface area contributed by atoms with Crippen molar-refractivity contribution in [2.24, 2.45) is 5.73 Å². The molecule has 2 aromatic heterocycles. The zero-order valence-electron chi connectivity index (χ0n) is 19.0. The first kappa shape index (κ1) is 25.4. The number of hydrogen-bond donors (Lipinski definition) is 2. The van der Waals surface area contributed by atoms with Crippen LogP contribution >= 0.6 is 46.3 Å². The molecular formula is C24H18Cl2N6O3S2. The van der Waals surface area contributed by atoms with Gasteiger partial charge >= 0.3 is 0 Å². The quantitative estimate of drug-likeness (QED) is 0.368. The molecule has 0 saturated carbocycles. The van der Waals surface area contributed by atoms with Crippen molar-refractivity contribution in [3.63, 3.8) is 0 Å². The first-order chi connectivity index (χ1) is 17.9. The van der Waals surface area contributed by atoms with E-state index in [0.29, 0.717) is 61.5 Å². The standard InChI is InChI=1S/C24H18Cl2N6O3S2/c25-13-4-1-5-14(26)21(13)29-18(34)11-36-24-31-30-23(37-24)32-15-6-2-7-16(33)20(15)19(12(10-27)22(32)28)17-8-3-9-35-17/h1,3-5,8-9,19H,2,6-7,11,28H2,(H,29,34). The van der Waals surface area contributed by atoms with Gasteiger partial charge < -0.3 is 15.5 Å². The number of nitrogens with zero attached hydrogens (tertiary/aromatic N) is 4. The number of nitriles is 1. The summed E-state index contributed by atoms with van der Waals surface area (Å²) < 4.78 is 6.09. The summed E-state index contributed by atoms with van der Waals surface area (Å²) in [5.74, 6) is -0.331. The molecule has 0 spiro atoms. The topological polar surface area (TPSA) is 138 Å². The number of halogens is 2. The Kier molecular flexibility index (Phi) is 7.26. The summed E-state index contributed by atoms with van der Waals surface area (Å²) in [7, 11) is 0. The number of thioether (sulfide) groups is 1. The Morgan fingerprint density at radius 2 is 2.05 bits per heavy atom. The first-order valence-electron chi connectivity index (χ1n) is 11.1. The van der Waals surface area contributed by atoms with Gasteiger partial charge in [-0.15, -0.1) is 10.2 Å². The molecule has 1 atom stereocenters. The number of para-hydroxylation sites is 1. The van der Waals surface area contributed by atoms with Gasteiger partial charge in [-0.25, -0.2) is 0 Å². The van der Waals surface area contributed by atoms with Gasteiger partial charge in [0.25, 0.3) is 0 Å². The second-order valence-electron chi connectivity index (χ2n) is 8.12. The lowest BCUT2D eigenvalue weighted by atomic mass is 9.78. The molecule has 1 amide bonds. The normalized spacial score (nSPS) is 17.6. The Bertz CT molecular complexity index is 1470. The predicted octanol–water partition coefficient (Wildman–Crippen LogP) is 5.47. The van der Waals surface area contributed by atoms with Crippen LogP contribution in [-0.4, -0.2) is 27.6 Å². The van der Waals surface area contributed by atoms with Crippen LogP contribution in [0.15, 0.2) is 68.0 Å². The number of carbonyl (C=O) groups is 2. The third-order valence-corrected chi connectivity index (χ3v) is 8.55. The number of nitrogens with two attached hydrogens (primary N) is 1. The molecule has 9 nitrogen and oxygen atoms in total. The molecule has 188 valence electrons. The Morgan fingerprint density at radius 1 is 1.27 bits per heavy atom. The first-order valence-corrected chi connectivity index (χ1v) is 13.6. The van der Waals surface area contributed by atoms with Crippen LogP contribution in [0.5, 0.6) is 0 Å². The second kappa shape index (κ2) is 10.6. The molecule has 2 aliphatic rings. The van der Waals surface area contributed by atoms with E-state index in [0.717, 1.165) is 0 Å². The van der Waals surface area contributed by atoms with E-state index in [4.69, 9.17) is 33.4 Å². The number of rotatable bonds is 6. The summed E-state index contributed by atoms with van der Waals surface area (Å²) in [6.07, 6.45) is 3.12. The molecule has 0 fully saturated rings. The molecular weight excluding hydrogens is 555 g/mol. The van der Waals surface area contributed by atoms with E-state index in [1.165, 1.54) is 29.4 Å². The number of allylic oxidation sites excluding steroid dienone is 3. The lowest BCUT2D eigenvalue weighted by molar-refractivity contribution is -0.116. The van der Waals surface area contributed by atoms with Gasteiger partial charge in [-0.2, -0.15) is 5.26 Å². The van der Waals surface area contributed by atoms with Crippen LogP contribution in [0.2, 0.25) is 10.0 Å². The highest BCUT2D eigenvalue weighted by molar-refractivity contribution is 8.01. The third-order valence-electron chi connectivity index (χ3n) is 5.88. The summed E-state index contributed by atoms with van der Waals surface area (Å²) in [6.45, 7) is 0. The van der Waals surface area contributed by atoms with Crippen LogP contribution in [0.1, 0.15) is 30.9 Å². The molecule has 13 heteroatoms. The van der Waals surface area contributed by atoms with Gasteiger partial charge in [0.2, 0.25) is 11.0 Å². The van der Waals surface area contributed by atoms with Crippen molar-refractivity contribution < 1.29 is 14.0 Å². The largest absolute Gasteiger partial charge is 0.468 e. The summed E-state index contributed by atoms with van der Waals surface area (Å²) in [4.78, 5) is 27.2. The highest BCUT2D eigenvalue weighted by Gasteiger charge is 2.42. The van der Waals surface area contributed by atoms with Crippen LogP contribution in [0.4, 0.5) is 10.8 Å². The number of carbonyl (C=O) groups excluding carboxylic acids is 2. The fourth-order valence-corrected chi connectivity index (χ4v) is 6.49. The Labute approximate surface area is 229 Å². The van der Waals surface area contributed by atoms with Crippen LogP contribution in [0.3, 0.4) is 0 Å². The Morgan fingerprint density at radius 3 is 2.76 bits per heavy atom. The molecule has 37 heavy (non-hydrogen) atoms. The van der Waals surface area contributed by atoms with Gasteiger partial charge in [-0.1, -0.05) is 52.4 Å². The van der Waals surface area contributed by atoms with Crippen molar-refractivity contribution in [1.82, 2.24) is 10.2 Å². The number of furan rings is 1. The van der Waals surface area contributed by atoms with Crippen molar-refractivity contribution in [2.45, 2.75) is 29.5 Å². The van der Waals surface area contributed by atoms with Gasteiger partial charge in [0, 0.05) is 17.7 Å². The molecule has 3 N–H and O–H groups in total. The molecule has 0 radical (unpaired) electrons. The number of amides is 1. The van der Waals surface area contributed by atoms with Crippen molar-refractivity contribution in [3.05, 3.63) is 75.1 Å². The van der Waals surface area contributed by atoms with Gasteiger partial charge in [-0.05, 0) is 37.1 Å². The van der Waals surface area contributed by atoms with Crippen LogP contribution in [0.25, 0.3) is 0 Å². The third kappa shape index (κ3) is 4.85. The summed E-state index contributed by atoms with van der Waals surface area (Å²) in [5, 5.41) is 22.2. The molecule has 3 aromatic rings. The Hall–Kier alpha value is -3.30. The van der Waals surface area contributed by atoms with Crippen molar-refractivity contribution in [1.29, 1.82) is 5.26 Å². The van der Waals surface area contributed by atoms with Gasteiger partial charge in [-0.3, -0.25) is 14.5 Å². The van der Waals surface area contributed by atoms with E-state index < -0.39 is 5.92 Å². The minimum atomic E-state index is -0.666. The molecule has 1 aliphatic heterocycles. The minimum absolute atomic E-state index is 0.0396. The molecule has 5 rings (SSSR count). The molecule has 1 unspecified atom stereocenters. The molecule has 3 heterocycles. The van der Waals surface area contributed by atoms with E-state index in [1.54, 1.807) is 35.2 Å². The minimum Gasteiger partial charge on any atom is -0.468 e. The molecule has 1 aliphatic carbocycles. The average Bonchev–Trinajstić information content (AvgIpc) is 3.57. The number of ketones is 1. The smallest absolute Gasteiger partial charge is 0.234 e. The van der Waals surface area contributed by atoms with E-state index in [-0.39, 0.29) is 28.8 Å². The summed E-state index contributed by atoms with van der Waals surface area (Å²) in [6, 6.07) is 10.6. The predicted molar refractivity (Wildman–Crippen MR) is 142 cm³/mol. The highest BCUT2D eigenvalue weighted by Crippen LogP contribution is 2.47. The molecule has 0 bridgehead atoms. The van der Waals surface area contributed by atoms with Crippen molar-refractivity contribution in [3.8, 4) is 6.07 Å². The molecule has 1 aromatic carbocycles. The SMILES string of the molecule is N#CC1=C(N)N(c2nnc(SCC(=O)Nc3c(Cl)cccc3Cl)s2)C2=C(C(=O)CCC2)C1c1ccco1. The highest BCUT2D eigenvalue weighted by atomic mass is 35.5. The van der Waals surface area contributed by atoms with E-state index >= 15 is 0 Å². The van der Waals surface area contributed by atoms with E-state index in [2.05, 4.69) is 21.6 Å². The molecule has 0 saturated heterocycles. The fourth-order valence-electron chi connectivity index (χ4n) is 4.32. The number of hydrogen-bond acceptors (Lipinski definition) is 10. The number of benzene rings is 1. The lowest BCUT2D eigenvalue weighted by Crippen LogP contribution is -2.38. The average molecular weight is 573 g/mol. The van der Waals surface area contributed by atoms with Crippen LogP contribution < -0.4 is 16.0 Å². The number of Topliss-reactive ketones (excluding diaryl/α,β-unsaturated/α-hetero) is 1. The number of anilines is 2.